The lowest BCUT2D eigenvalue weighted by Crippen LogP contribution is -2.45. The number of amides is 2. The molecular weight excluding hydrogens is 418 g/mol. The van der Waals surface area contributed by atoms with Gasteiger partial charge in [0, 0.05) is 45.2 Å². The van der Waals surface area contributed by atoms with Crippen molar-refractivity contribution in [1.82, 2.24) is 19.8 Å². The zero-order valence-corrected chi connectivity index (χ0v) is 19.7. The first-order chi connectivity index (χ1) is 16.1. The number of imidazole rings is 1. The third kappa shape index (κ3) is 5.60. The summed E-state index contributed by atoms with van der Waals surface area (Å²) in [5.41, 5.74) is 1.96. The van der Waals surface area contributed by atoms with Gasteiger partial charge in [0.05, 0.1) is 11.0 Å². The highest BCUT2D eigenvalue weighted by atomic mass is 16.4. The predicted octanol–water partition coefficient (Wildman–Crippen LogP) is 2.76. The molecule has 2 fully saturated rings. The molecule has 180 valence electrons. The lowest BCUT2D eigenvalue weighted by molar-refractivity contribution is -0.250. The molecule has 1 aromatic carbocycles. The van der Waals surface area contributed by atoms with E-state index in [2.05, 4.69) is 32.7 Å². The van der Waals surface area contributed by atoms with Crippen molar-refractivity contribution in [2.24, 2.45) is 5.92 Å². The Bertz CT molecular complexity index is 953. The van der Waals surface area contributed by atoms with E-state index in [4.69, 9.17) is 4.98 Å². The largest absolute Gasteiger partial charge is 0.530 e. The van der Waals surface area contributed by atoms with Gasteiger partial charge in [-0.25, -0.2) is 4.98 Å². The quantitative estimate of drug-likeness (QED) is 0.662. The molecule has 0 bridgehead atoms. The van der Waals surface area contributed by atoms with Crippen LogP contribution in [0.1, 0.15) is 58.3 Å². The average Bonchev–Trinajstić information content (AvgIpc) is 3.21. The van der Waals surface area contributed by atoms with Gasteiger partial charge in [0.15, 0.2) is 0 Å². The molecule has 1 saturated heterocycles. The molecule has 2 aromatic rings. The van der Waals surface area contributed by atoms with Crippen LogP contribution < -0.4 is 15.3 Å². The monoisotopic (exact) mass is 454 g/mol. The second kappa shape index (κ2) is 10.9. The molecule has 1 aliphatic carbocycles. The highest BCUT2D eigenvalue weighted by Crippen LogP contribution is 2.28. The Balaban J connectivity index is 1.50. The van der Waals surface area contributed by atoms with Gasteiger partial charge in [0.2, 0.25) is 11.9 Å². The number of para-hydroxylation sites is 2. The van der Waals surface area contributed by atoms with Gasteiger partial charge in [-0.05, 0) is 50.7 Å². The Morgan fingerprint density at radius 1 is 1.15 bits per heavy atom. The molecule has 2 heterocycles. The number of nitrogens with one attached hydrogen (secondary N) is 1. The van der Waals surface area contributed by atoms with Crippen molar-refractivity contribution in [3.05, 3.63) is 24.3 Å². The van der Waals surface area contributed by atoms with Crippen molar-refractivity contribution in [1.29, 1.82) is 0 Å². The van der Waals surface area contributed by atoms with Crippen LogP contribution in [-0.2, 0) is 11.3 Å². The molecule has 0 radical (unpaired) electrons. The second-order valence-electron chi connectivity index (χ2n) is 9.40. The maximum atomic E-state index is 13.2. The summed E-state index contributed by atoms with van der Waals surface area (Å²) in [6.07, 6.45) is 7.14. The topological polar surface area (TPSA) is 93.5 Å². The number of aromatic nitrogens is 2. The second-order valence-corrected chi connectivity index (χ2v) is 9.40. The van der Waals surface area contributed by atoms with Crippen molar-refractivity contribution in [2.45, 2.75) is 70.9 Å². The number of nitrogens with zero attached hydrogens (tertiary/aromatic N) is 4. The van der Waals surface area contributed by atoms with E-state index in [1.54, 1.807) is 0 Å². The van der Waals surface area contributed by atoms with Gasteiger partial charge < -0.3 is 29.6 Å². The van der Waals surface area contributed by atoms with Crippen molar-refractivity contribution in [2.75, 3.05) is 31.1 Å². The number of carbonyl (C=O) groups is 2. The molecule has 1 aromatic heterocycles. The minimum atomic E-state index is -1.23. The van der Waals surface area contributed by atoms with E-state index in [1.165, 1.54) is 19.3 Å². The van der Waals surface area contributed by atoms with E-state index in [9.17, 15) is 14.7 Å². The van der Waals surface area contributed by atoms with Gasteiger partial charge in [-0.15, -0.1) is 0 Å². The van der Waals surface area contributed by atoms with Crippen molar-refractivity contribution < 1.29 is 14.7 Å². The lowest BCUT2D eigenvalue weighted by atomic mass is 9.94. The lowest BCUT2D eigenvalue weighted by Gasteiger charge is -2.35. The van der Waals surface area contributed by atoms with Gasteiger partial charge in [-0.1, -0.05) is 31.4 Å². The minimum absolute atomic E-state index is 0.216. The summed E-state index contributed by atoms with van der Waals surface area (Å²) in [4.78, 5) is 33.3. The minimum Gasteiger partial charge on any atom is -0.530 e. The Morgan fingerprint density at radius 3 is 2.70 bits per heavy atom. The van der Waals surface area contributed by atoms with Gasteiger partial charge in [-0.2, -0.15) is 0 Å². The Hall–Kier alpha value is -2.77. The fourth-order valence-corrected chi connectivity index (χ4v) is 5.55. The Kier molecular flexibility index (Phi) is 7.73. The first-order valence-corrected chi connectivity index (χ1v) is 12.5. The number of carbonyl (C=O) groups excluding carboxylic acids is 2. The first-order valence-electron chi connectivity index (χ1n) is 12.5. The molecule has 4 rings (SSSR count). The van der Waals surface area contributed by atoms with E-state index in [0.717, 1.165) is 62.3 Å². The molecule has 1 aliphatic heterocycles. The molecule has 0 spiro atoms. The van der Waals surface area contributed by atoms with Crippen molar-refractivity contribution in [3.63, 3.8) is 0 Å². The standard InChI is InChI=1S/C25H37N5O3/c1-2-29(20-10-4-3-5-11-20)23(31)14-16-30-22-13-7-6-12-21(22)27-24(30)28-15-8-9-19(18-28)17-26-25(32)33/h6-7,12-13,19-20,26H,2-5,8-11,14-18H2,1H3,(H,32,33)/p-1. The van der Waals surface area contributed by atoms with Crippen LogP contribution in [-0.4, -0.2) is 58.7 Å². The van der Waals surface area contributed by atoms with Crippen LogP contribution in [0.4, 0.5) is 10.7 Å². The van der Waals surface area contributed by atoms with Gasteiger partial charge >= 0.3 is 0 Å². The van der Waals surface area contributed by atoms with Gasteiger partial charge in [0.1, 0.15) is 6.09 Å². The number of hydrogen-bond acceptors (Lipinski definition) is 5. The predicted molar refractivity (Wildman–Crippen MR) is 127 cm³/mol. The molecule has 33 heavy (non-hydrogen) atoms. The highest BCUT2D eigenvalue weighted by Gasteiger charge is 2.27. The van der Waals surface area contributed by atoms with Crippen LogP contribution in [0.5, 0.6) is 0 Å². The zero-order valence-electron chi connectivity index (χ0n) is 19.7. The molecule has 1 atom stereocenters. The third-order valence-corrected chi connectivity index (χ3v) is 7.20. The summed E-state index contributed by atoms with van der Waals surface area (Å²) < 4.78 is 2.18. The number of anilines is 1. The number of benzene rings is 1. The van der Waals surface area contributed by atoms with Crippen LogP contribution in [0.25, 0.3) is 11.0 Å². The van der Waals surface area contributed by atoms with E-state index >= 15 is 0 Å². The van der Waals surface area contributed by atoms with Gasteiger partial charge in [-0.3, -0.25) is 4.79 Å². The fourth-order valence-electron chi connectivity index (χ4n) is 5.55. The molecule has 8 nitrogen and oxygen atoms in total. The van der Waals surface area contributed by atoms with E-state index in [-0.39, 0.29) is 11.8 Å². The van der Waals surface area contributed by atoms with E-state index < -0.39 is 6.09 Å². The average molecular weight is 455 g/mol. The summed E-state index contributed by atoms with van der Waals surface area (Å²) in [5.74, 6) is 1.32. The number of rotatable bonds is 8. The molecule has 1 unspecified atom stereocenters. The van der Waals surface area contributed by atoms with E-state index in [1.807, 2.05) is 18.2 Å². The van der Waals surface area contributed by atoms with Crippen molar-refractivity contribution >= 4 is 29.0 Å². The highest BCUT2D eigenvalue weighted by molar-refractivity contribution is 5.80. The smallest absolute Gasteiger partial charge is 0.224 e. The number of piperidine rings is 1. The molecule has 1 saturated carbocycles. The maximum Gasteiger partial charge on any atom is 0.224 e. The number of aryl methyl sites for hydroxylation is 1. The van der Waals surface area contributed by atoms with E-state index in [0.29, 0.717) is 25.6 Å². The zero-order chi connectivity index (χ0) is 23.2. The molecule has 2 aliphatic rings. The third-order valence-electron chi connectivity index (χ3n) is 7.20. The van der Waals surface area contributed by atoms with Crippen LogP contribution in [0.3, 0.4) is 0 Å². The Labute approximate surface area is 195 Å². The van der Waals surface area contributed by atoms with Gasteiger partial charge in [0.25, 0.3) is 0 Å². The number of fused-ring (bicyclic) bond motifs is 1. The SMILES string of the molecule is CCN(C(=O)CCn1c(N2CCCC(CNC(=O)[O-])C2)nc2ccccc21)C1CCCCC1. The molecular formula is C25H36N5O3-. The summed E-state index contributed by atoms with van der Waals surface area (Å²) >= 11 is 0. The summed E-state index contributed by atoms with van der Waals surface area (Å²) in [7, 11) is 0. The summed E-state index contributed by atoms with van der Waals surface area (Å²) in [6, 6.07) is 8.45. The van der Waals surface area contributed by atoms with Crippen LogP contribution in [0, 0.1) is 5.92 Å². The normalized spacial score (nSPS) is 19.5. The summed E-state index contributed by atoms with van der Waals surface area (Å²) in [5, 5.41) is 13.2. The van der Waals surface area contributed by atoms with Crippen LogP contribution in [0.15, 0.2) is 24.3 Å². The Morgan fingerprint density at radius 2 is 1.94 bits per heavy atom. The molecule has 1 N–H and O–H groups in total. The summed E-state index contributed by atoms with van der Waals surface area (Å²) in [6.45, 7) is 5.45. The number of carboxylic acid groups (broad SMARTS) is 1. The van der Waals surface area contributed by atoms with Crippen LogP contribution in [0.2, 0.25) is 0 Å². The molecule has 2 amide bonds. The molecule has 8 heteroatoms. The van der Waals surface area contributed by atoms with Crippen molar-refractivity contribution in [3.8, 4) is 0 Å². The number of hydrogen-bond donors (Lipinski definition) is 1. The van der Waals surface area contributed by atoms with Crippen LogP contribution >= 0.6 is 0 Å². The maximum absolute atomic E-state index is 13.2. The fraction of sp³-hybridized carbons (Fsp3) is 0.640. The first kappa shape index (κ1) is 23.4.